The average Bonchev–Trinajstić information content (AvgIpc) is 3.38. The summed E-state index contributed by atoms with van der Waals surface area (Å²) in [7, 11) is 1.62. The standard InChI is InChI=1S/C19H25N3O4/c1-24-16-7-5-15(6-8-16)19-21-18(26-22-19)10-9-17(23)20-11-2-12-25-13-14-3-4-14/h5-8,14H,2-4,9-13H2,1H3,(H,20,23). The van der Waals surface area contributed by atoms with Crippen LogP contribution in [0.2, 0.25) is 0 Å². The summed E-state index contributed by atoms with van der Waals surface area (Å²) < 4.78 is 15.9. The second-order valence-electron chi connectivity index (χ2n) is 6.46. The molecule has 0 bridgehead atoms. The molecule has 26 heavy (non-hydrogen) atoms. The Morgan fingerprint density at radius 1 is 1.31 bits per heavy atom. The molecule has 140 valence electrons. The maximum Gasteiger partial charge on any atom is 0.227 e. The van der Waals surface area contributed by atoms with E-state index in [2.05, 4.69) is 15.5 Å². The minimum atomic E-state index is -0.0172. The van der Waals surface area contributed by atoms with Crippen molar-refractivity contribution in [2.45, 2.75) is 32.1 Å². The number of methoxy groups -OCH3 is 1. The zero-order chi connectivity index (χ0) is 18.2. The minimum absolute atomic E-state index is 0.0172. The molecule has 3 rings (SSSR count). The zero-order valence-electron chi connectivity index (χ0n) is 15.1. The van der Waals surface area contributed by atoms with Gasteiger partial charge in [0, 0.05) is 38.2 Å². The number of nitrogens with one attached hydrogen (secondary N) is 1. The molecule has 0 saturated heterocycles. The van der Waals surface area contributed by atoms with Gasteiger partial charge in [0.15, 0.2) is 0 Å². The SMILES string of the molecule is COc1ccc(-c2noc(CCC(=O)NCCCOCC3CC3)n2)cc1. The molecule has 1 saturated carbocycles. The van der Waals surface area contributed by atoms with Crippen molar-refractivity contribution >= 4 is 5.91 Å². The molecule has 0 aliphatic heterocycles. The molecule has 1 aliphatic rings. The van der Waals surface area contributed by atoms with Crippen molar-refractivity contribution in [3.8, 4) is 17.1 Å². The number of rotatable bonds is 11. The summed E-state index contributed by atoms with van der Waals surface area (Å²) in [4.78, 5) is 16.2. The predicted molar refractivity (Wildman–Crippen MR) is 95.8 cm³/mol. The van der Waals surface area contributed by atoms with Crippen LogP contribution in [0.15, 0.2) is 28.8 Å². The summed E-state index contributed by atoms with van der Waals surface area (Å²) in [5.74, 6) is 2.50. The number of hydrogen-bond acceptors (Lipinski definition) is 6. The van der Waals surface area contributed by atoms with Gasteiger partial charge in [-0.1, -0.05) is 5.16 Å². The number of amides is 1. The smallest absolute Gasteiger partial charge is 0.227 e. The van der Waals surface area contributed by atoms with Gasteiger partial charge in [-0.25, -0.2) is 0 Å². The first-order valence-corrected chi connectivity index (χ1v) is 9.06. The highest BCUT2D eigenvalue weighted by Gasteiger charge is 2.20. The Morgan fingerprint density at radius 3 is 2.85 bits per heavy atom. The molecule has 0 radical (unpaired) electrons. The van der Waals surface area contributed by atoms with Crippen molar-refractivity contribution in [2.75, 3.05) is 26.9 Å². The maximum absolute atomic E-state index is 11.9. The predicted octanol–water partition coefficient (Wildman–Crippen LogP) is 2.61. The molecule has 1 aromatic carbocycles. The van der Waals surface area contributed by atoms with Crippen LogP contribution < -0.4 is 10.1 Å². The molecule has 2 aromatic rings. The zero-order valence-corrected chi connectivity index (χ0v) is 15.1. The van der Waals surface area contributed by atoms with Crippen LogP contribution in [0.1, 0.15) is 31.6 Å². The van der Waals surface area contributed by atoms with Gasteiger partial charge in [0.2, 0.25) is 17.6 Å². The van der Waals surface area contributed by atoms with E-state index in [4.69, 9.17) is 14.0 Å². The van der Waals surface area contributed by atoms with Gasteiger partial charge in [-0.3, -0.25) is 4.79 Å². The van der Waals surface area contributed by atoms with Crippen LogP contribution in [-0.4, -0.2) is 42.9 Å². The number of aromatic nitrogens is 2. The minimum Gasteiger partial charge on any atom is -0.497 e. The third kappa shape index (κ3) is 5.84. The van der Waals surface area contributed by atoms with E-state index in [-0.39, 0.29) is 5.91 Å². The summed E-state index contributed by atoms with van der Waals surface area (Å²) in [6.45, 7) is 2.19. The van der Waals surface area contributed by atoms with Crippen LogP contribution in [-0.2, 0) is 16.0 Å². The Hall–Kier alpha value is -2.41. The Kier molecular flexibility index (Phi) is 6.60. The molecule has 1 heterocycles. The van der Waals surface area contributed by atoms with Gasteiger partial charge in [-0.15, -0.1) is 0 Å². The van der Waals surface area contributed by atoms with Gasteiger partial charge >= 0.3 is 0 Å². The first-order chi connectivity index (χ1) is 12.7. The first kappa shape index (κ1) is 18.4. The van der Waals surface area contributed by atoms with Crippen LogP contribution in [0.3, 0.4) is 0 Å². The maximum atomic E-state index is 11.9. The van der Waals surface area contributed by atoms with Crippen molar-refractivity contribution in [3.63, 3.8) is 0 Å². The number of carbonyl (C=O) groups excluding carboxylic acids is 1. The van der Waals surface area contributed by atoms with Crippen molar-refractivity contribution in [1.82, 2.24) is 15.5 Å². The lowest BCUT2D eigenvalue weighted by Crippen LogP contribution is -2.25. The fourth-order valence-corrected chi connectivity index (χ4v) is 2.46. The molecule has 0 spiro atoms. The summed E-state index contributed by atoms with van der Waals surface area (Å²) >= 11 is 0. The molecular weight excluding hydrogens is 334 g/mol. The van der Waals surface area contributed by atoms with Gasteiger partial charge in [-0.2, -0.15) is 4.98 Å². The van der Waals surface area contributed by atoms with E-state index < -0.39 is 0 Å². The second kappa shape index (κ2) is 9.33. The molecule has 1 aliphatic carbocycles. The highest BCUT2D eigenvalue weighted by atomic mass is 16.5. The van der Waals surface area contributed by atoms with E-state index in [1.807, 2.05) is 24.3 Å². The first-order valence-electron chi connectivity index (χ1n) is 9.06. The lowest BCUT2D eigenvalue weighted by Gasteiger charge is -2.05. The van der Waals surface area contributed by atoms with E-state index >= 15 is 0 Å². The molecule has 7 nitrogen and oxygen atoms in total. The summed E-state index contributed by atoms with van der Waals surface area (Å²) in [5.41, 5.74) is 0.844. The average molecular weight is 359 g/mol. The highest BCUT2D eigenvalue weighted by Crippen LogP contribution is 2.28. The van der Waals surface area contributed by atoms with Crippen molar-refractivity contribution < 1.29 is 18.8 Å². The van der Waals surface area contributed by atoms with Gasteiger partial charge in [0.1, 0.15) is 5.75 Å². The molecule has 1 N–H and O–H groups in total. The molecule has 0 atom stereocenters. The number of hydrogen-bond donors (Lipinski definition) is 1. The van der Waals surface area contributed by atoms with E-state index in [0.717, 1.165) is 30.3 Å². The summed E-state index contributed by atoms with van der Waals surface area (Å²) in [6.07, 6.45) is 4.18. The van der Waals surface area contributed by atoms with Crippen LogP contribution >= 0.6 is 0 Å². The monoisotopic (exact) mass is 359 g/mol. The van der Waals surface area contributed by atoms with Crippen molar-refractivity contribution in [3.05, 3.63) is 30.2 Å². The topological polar surface area (TPSA) is 86.5 Å². The summed E-state index contributed by atoms with van der Waals surface area (Å²) in [6, 6.07) is 7.41. The number of carbonyl (C=O) groups is 1. The van der Waals surface area contributed by atoms with Gasteiger partial charge in [0.25, 0.3) is 0 Å². The van der Waals surface area contributed by atoms with E-state index in [1.54, 1.807) is 7.11 Å². The third-order valence-electron chi connectivity index (χ3n) is 4.22. The fourth-order valence-electron chi connectivity index (χ4n) is 2.46. The third-order valence-corrected chi connectivity index (χ3v) is 4.22. The number of benzene rings is 1. The summed E-state index contributed by atoms with van der Waals surface area (Å²) in [5, 5.41) is 6.84. The molecule has 1 amide bonds. The van der Waals surface area contributed by atoms with Gasteiger partial charge < -0.3 is 19.3 Å². The van der Waals surface area contributed by atoms with Gasteiger partial charge in [-0.05, 0) is 49.4 Å². The van der Waals surface area contributed by atoms with Gasteiger partial charge in [0.05, 0.1) is 7.11 Å². The molecule has 1 aromatic heterocycles. The molecular formula is C19H25N3O4. The van der Waals surface area contributed by atoms with E-state index in [1.165, 1.54) is 12.8 Å². The van der Waals surface area contributed by atoms with Crippen LogP contribution in [0.4, 0.5) is 0 Å². The quantitative estimate of drug-likeness (QED) is 0.621. The Bertz CT molecular complexity index is 695. The number of nitrogens with zero attached hydrogens (tertiary/aromatic N) is 2. The highest BCUT2D eigenvalue weighted by molar-refractivity contribution is 5.75. The number of aryl methyl sites for hydroxylation is 1. The molecule has 7 heteroatoms. The van der Waals surface area contributed by atoms with Crippen molar-refractivity contribution in [1.29, 1.82) is 0 Å². The largest absolute Gasteiger partial charge is 0.497 e. The van der Waals surface area contributed by atoms with Crippen molar-refractivity contribution in [2.24, 2.45) is 5.92 Å². The lowest BCUT2D eigenvalue weighted by molar-refractivity contribution is -0.121. The fraction of sp³-hybridized carbons (Fsp3) is 0.526. The van der Waals surface area contributed by atoms with Crippen LogP contribution in [0.5, 0.6) is 5.75 Å². The lowest BCUT2D eigenvalue weighted by atomic mass is 10.2. The van der Waals surface area contributed by atoms with Crippen LogP contribution in [0.25, 0.3) is 11.4 Å². The molecule has 1 fully saturated rings. The Balaban J connectivity index is 1.33. The van der Waals surface area contributed by atoms with E-state index in [0.29, 0.717) is 37.7 Å². The van der Waals surface area contributed by atoms with E-state index in [9.17, 15) is 4.79 Å². The van der Waals surface area contributed by atoms with Crippen LogP contribution in [0, 0.1) is 5.92 Å². The number of ether oxygens (including phenoxy) is 2. The Morgan fingerprint density at radius 2 is 2.12 bits per heavy atom. The molecule has 0 unspecified atom stereocenters. The Labute approximate surface area is 153 Å². The normalized spacial score (nSPS) is 13.6. The second-order valence-corrected chi connectivity index (χ2v) is 6.46.